The van der Waals surface area contributed by atoms with E-state index in [9.17, 15) is 22.8 Å². The topological polar surface area (TPSA) is 81.2 Å². The van der Waals surface area contributed by atoms with E-state index in [0.717, 1.165) is 19.5 Å². The summed E-state index contributed by atoms with van der Waals surface area (Å²) in [5, 5.41) is 7.12. The maximum absolute atomic E-state index is 13.2. The molecular formula is C22H28F3N3O4. The summed E-state index contributed by atoms with van der Waals surface area (Å²) in [6.07, 6.45) is -2.46. The maximum atomic E-state index is 13.2. The Morgan fingerprint density at radius 2 is 1.88 bits per heavy atom. The summed E-state index contributed by atoms with van der Waals surface area (Å²) >= 11 is 0. The minimum Gasteiger partial charge on any atom is -0.475 e. The minimum atomic E-state index is -5.08. The quantitative estimate of drug-likeness (QED) is 0.689. The van der Waals surface area contributed by atoms with Gasteiger partial charge in [-0.1, -0.05) is 36.4 Å². The summed E-state index contributed by atoms with van der Waals surface area (Å²) in [6, 6.07) is 10.3. The van der Waals surface area contributed by atoms with E-state index in [1.807, 2.05) is 23.1 Å². The number of carboxylic acids is 1. The molecular weight excluding hydrogens is 427 g/mol. The van der Waals surface area contributed by atoms with Crippen LogP contribution in [0.25, 0.3) is 0 Å². The van der Waals surface area contributed by atoms with Gasteiger partial charge in [0.25, 0.3) is 0 Å². The van der Waals surface area contributed by atoms with Gasteiger partial charge in [-0.15, -0.1) is 6.58 Å². The number of nitrogens with zero attached hydrogens (tertiary/aromatic N) is 3. The Kier molecular flexibility index (Phi) is 8.06. The Hall–Kier alpha value is -2.88. The van der Waals surface area contributed by atoms with E-state index in [-0.39, 0.29) is 17.7 Å². The van der Waals surface area contributed by atoms with Gasteiger partial charge in [0.2, 0.25) is 11.8 Å². The molecule has 1 spiro atoms. The Bertz CT molecular complexity index is 845. The molecule has 32 heavy (non-hydrogen) atoms. The highest BCUT2D eigenvalue weighted by Gasteiger charge is 2.56. The van der Waals surface area contributed by atoms with Crippen molar-refractivity contribution < 1.29 is 32.7 Å². The van der Waals surface area contributed by atoms with E-state index >= 15 is 0 Å². The molecule has 1 aromatic carbocycles. The van der Waals surface area contributed by atoms with E-state index in [4.69, 9.17) is 9.90 Å². The summed E-state index contributed by atoms with van der Waals surface area (Å²) in [6.45, 7) is 6.90. The van der Waals surface area contributed by atoms with E-state index in [0.29, 0.717) is 19.6 Å². The van der Waals surface area contributed by atoms with Crippen LogP contribution in [-0.4, -0.2) is 90.6 Å². The molecule has 10 heteroatoms. The third-order valence-electron chi connectivity index (χ3n) is 5.81. The summed E-state index contributed by atoms with van der Waals surface area (Å²) in [4.78, 5) is 40.0. The first kappa shape index (κ1) is 25.4. The van der Waals surface area contributed by atoms with E-state index in [2.05, 4.69) is 23.6 Å². The first-order valence-electron chi connectivity index (χ1n) is 10.1. The second-order valence-electron chi connectivity index (χ2n) is 8.17. The minimum absolute atomic E-state index is 0.0808. The normalized spacial score (nSPS) is 23.1. The number of carbonyl (C=O) groups excluding carboxylic acids is 2. The Balaban J connectivity index is 0.000000451. The van der Waals surface area contributed by atoms with Crippen molar-refractivity contribution >= 4 is 17.8 Å². The monoisotopic (exact) mass is 455 g/mol. The van der Waals surface area contributed by atoms with Crippen LogP contribution in [-0.2, 0) is 14.4 Å². The summed E-state index contributed by atoms with van der Waals surface area (Å²) in [5.74, 6) is -2.34. The Morgan fingerprint density at radius 3 is 2.38 bits per heavy atom. The standard InChI is InChI=1S/C20H27N3O2.C2HF3O2/c1-4-11-23-12-10-20(19(23)25)15-22(14-18(24)21(2)3)13-17(20)16-8-6-5-7-9-16;3-2(4,5)1(6)7/h4-9,17H,1,10-15H2,2-3H3;(H,6,7)/t17-,20+;/m0./s1. The molecule has 176 valence electrons. The number of likely N-dealkylation sites (N-methyl/N-ethyl adjacent to an activating group) is 1. The largest absolute Gasteiger partial charge is 0.490 e. The molecule has 2 aliphatic rings. The van der Waals surface area contributed by atoms with Crippen molar-refractivity contribution in [2.75, 3.05) is 46.8 Å². The number of halogens is 3. The average molecular weight is 455 g/mol. The van der Waals surface area contributed by atoms with Gasteiger partial charge in [0.15, 0.2) is 0 Å². The zero-order chi connectivity index (χ0) is 24.1. The zero-order valence-electron chi connectivity index (χ0n) is 18.1. The predicted molar refractivity (Wildman–Crippen MR) is 112 cm³/mol. The first-order chi connectivity index (χ1) is 14.9. The lowest BCUT2D eigenvalue weighted by molar-refractivity contribution is -0.192. The van der Waals surface area contributed by atoms with E-state index in [1.165, 1.54) is 5.56 Å². The lowest BCUT2D eigenvalue weighted by Crippen LogP contribution is -2.41. The molecule has 2 fully saturated rings. The van der Waals surface area contributed by atoms with Gasteiger partial charge in [0.05, 0.1) is 12.0 Å². The van der Waals surface area contributed by atoms with Gasteiger partial charge in [-0.05, 0) is 12.0 Å². The SMILES string of the molecule is C=CCN1CC[C@]2(CN(CC(=O)N(C)C)C[C@H]2c2ccccc2)C1=O.O=C(O)C(F)(F)F. The van der Waals surface area contributed by atoms with Gasteiger partial charge in [-0.25, -0.2) is 4.79 Å². The molecule has 2 heterocycles. The predicted octanol–water partition coefficient (Wildman–Crippen LogP) is 2.21. The molecule has 1 N–H and O–H groups in total. The van der Waals surface area contributed by atoms with Gasteiger partial charge in [0, 0.05) is 46.2 Å². The van der Waals surface area contributed by atoms with Crippen LogP contribution in [0.4, 0.5) is 13.2 Å². The summed E-state index contributed by atoms with van der Waals surface area (Å²) in [5.41, 5.74) is 0.771. The fourth-order valence-electron chi connectivity index (χ4n) is 4.23. The van der Waals surface area contributed by atoms with Crippen LogP contribution in [0.5, 0.6) is 0 Å². The molecule has 0 unspecified atom stereocenters. The van der Waals surface area contributed by atoms with E-state index < -0.39 is 17.6 Å². The lowest BCUT2D eigenvalue weighted by Gasteiger charge is -2.29. The molecule has 1 aromatic rings. The molecule has 0 radical (unpaired) electrons. The van der Waals surface area contributed by atoms with Crippen molar-refractivity contribution in [1.82, 2.24) is 14.7 Å². The molecule has 0 aromatic heterocycles. The van der Waals surface area contributed by atoms with Crippen molar-refractivity contribution in [3.63, 3.8) is 0 Å². The van der Waals surface area contributed by atoms with Crippen molar-refractivity contribution in [2.24, 2.45) is 5.41 Å². The molecule has 0 bridgehead atoms. The Morgan fingerprint density at radius 1 is 1.28 bits per heavy atom. The number of hydrogen-bond acceptors (Lipinski definition) is 4. The number of aliphatic carboxylic acids is 1. The van der Waals surface area contributed by atoms with Crippen LogP contribution < -0.4 is 0 Å². The van der Waals surface area contributed by atoms with E-state index in [1.54, 1.807) is 25.1 Å². The third-order valence-corrected chi connectivity index (χ3v) is 5.81. The highest BCUT2D eigenvalue weighted by Crippen LogP contribution is 2.49. The number of alkyl halides is 3. The molecule has 3 rings (SSSR count). The molecule has 0 saturated carbocycles. The van der Waals surface area contributed by atoms with Gasteiger partial charge >= 0.3 is 12.1 Å². The molecule has 2 aliphatic heterocycles. The second-order valence-corrected chi connectivity index (χ2v) is 8.17. The van der Waals surface area contributed by atoms with Gasteiger partial charge < -0.3 is 14.9 Å². The Labute approximate surface area is 185 Å². The third kappa shape index (κ3) is 5.67. The van der Waals surface area contributed by atoms with Crippen molar-refractivity contribution in [3.05, 3.63) is 48.6 Å². The fraction of sp³-hybridized carbons (Fsp3) is 0.500. The number of benzene rings is 1. The van der Waals surface area contributed by atoms with Crippen molar-refractivity contribution in [2.45, 2.75) is 18.5 Å². The molecule has 2 amide bonds. The van der Waals surface area contributed by atoms with Crippen molar-refractivity contribution in [3.8, 4) is 0 Å². The smallest absolute Gasteiger partial charge is 0.475 e. The van der Waals surface area contributed by atoms with Crippen LogP contribution in [0.2, 0.25) is 0 Å². The number of likely N-dealkylation sites (tertiary alicyclic amines) is 2. The zero-order valence-corrected chi connectivity index (χ0v) is 18.1. The average Bonchev–Trinajstić information content (AvgIpc) is 3.24. The second kappa shape index (κ2) is 10.2. The van der Waals surface area contributed by atoms with Crippen LogP contribution in [0, 0.1) is 5.41 Å². The van der Waals surface area contributed by atoms with Crippen LogP contribution in [0.3, 0.4) is 0 Å². The van der Waals surface area contributed by atoms with Gasteiger partial charge in [-0.2, -0.15) is 13.2 Å². The summed E-state index contributed by atoms with van der Waals surface area (Å²) < 4.78 is 31.7. The summed E-state index contributed by atoms with van der Waals surface area (Å²) in [7, 11) is 3.55. The van der Waals surface area contributed by atoms with Crippen LogP contribution in [0.1, 0.15) is 17.9 Å². The lowest BCUT2D eigenvalue weighted by atomic mass is 9.73. The molecule has 2 saturated heterocycles. The highest BCUT2D eigenvalue weighted by molar-refractivity contribution is 5.87. The number of hydrogen-bond donors (Lipinski definition) is 1. The number of rotatable bonds is 5. The van der Waals surface area contributed by atoms with Gasteiger partial charge in [0.1, 0.15) is 0 Å². The molecule has 2 atom stereocenters. The fourth-order valence-corrected chi connectivity index (χ4v) is 4.23. The van der Waals surface area contributed by atoms with Crippen molar-refractivity contribution in [1.29, 1.82) is 0 Å². The number of amides is 2. The molecule has 0 aliphatic carbocycles. The van der Waals surface area contributed by atoms with Gasteiger partial charge in [-0.3, -0.25) is 14.5 Å². The maximum Gasteiger partial charge on any atom is 0.490 e. The number of carbonyl (C=O) groups is 3. The van der Waals surface area contributed by atoms with Crippen LogP contribution in [0.15, 0.2) is 43.0 Å². The van der Waals surface area contributed by atoms with Crippen LogP contribution >= 0.6 is 0 Å². The highest BCUT2D eigenvalue weighted by atomic mass is 19.4. The number of carboxylic acid groups (broad SMARTS) is 1. The molecule has 7 nitrogen and oxygen atoms in total. The first-order valence-corrected chi connectivity index (χ1v) is 10.1.